The SMILES string of the molecule is CC[C@H](O)/C=C/[C@H](O)[C@@H]1C[C@H](O)[C@@H](C/C=C\C/C=C\C/C=C\CCC(=O)O)O1. The molecule has 1 fully saturated rings. The van der Waals surface area contributed by atoms with Crippen molar-refractivity contribution >= 4 is 5.97 Å². The third-order valence-electron chi connectivity index (χ3n) is 4.52. The average molecular weight is 395 g/mol. The normalized spacial score (nSPS) is 25.5. The lowest BCUT2D eigenvalue weighted by molar-refractivity contribution is -0.136. The van der Waals surface area contributed by atoms with Gasteiger partial charge in [0.2, 0.25) is 0 Å². The third-order valence-corrected chi connectivity index (χ3v) is 4.52. The van der Waals surface area contributed by atoms with Crippen LogP contribution in [-0.2, 0) is 9.53 Å². The lowest BCUT2D eigenvalue weighted by atomic mass is 10.0. The van der Waals surface area contributed by atoms with Gasteiger partial charge in [-0.2, -0.15) is 0 Å². The Morgan fingerprint density at radius 3 is 2.36 bits per heavy atom. The molecular weight excluding hydrogens is 360 g/mol. The van der Waals surface area contributed by atoms with Gasteiger partial charge < -0.3 is 25.2 Å². The summed E-state index contributed by atoms with van der Waals surface area (Å²) < 4.78 is 5.75. The molecule has 0 aromatic heterocycles. The number of aliphatic hydroxyl groups excluding tert-OH is 3. The van der Waals surface area contributed by atoms with Crippen molar-refractivity contribution in [3.8, 4) is 0 Å². The molecule has 158 valence electrons. The van der Waals surface area contributed by atoms with Crippen molar-refractivity contribution < 1.29 is 30.0 Å². The Morgan fingerprint density at radius 2 is 1.71 bits per heavy atom. The molecule has 6 nitrogen and oxygen atoms in total. The highest BCUT2D eigenvalue weighted by Crippen LogP contribution is 2.26. The fourth-order valence-electron chi connectivity index (χ4n) is 2.79. The minimum absolute atomic E-state index is 0.160. The van der Waals surface area contributed by atoms with E-state index in [-0.39, 0.29) is 12.5 Å². The smallest absolute Gasteiger partial charge is 0.303 e. The molecule has 0 aromatic rings. The number of ether oxygens (including phenoxy) is 1. The Labute approximate surface area is 167 Å². The van der Waals surface area contributed by atoms with Gasteiger partial charge in [-0.1, -0.05) is 55.5 Å². The molecule has 4 N–H and O–H groups in total. The van der Waals surface area contributed by atoms with E-state index in [1.165, 1.54) is 6.08 Å². The molecule has 0 aromatic carbocycles. The first-order chi connectivity index (χ1) is 13.4. The van der Waals surface area contributed by atoms with Gasteiger partial charge in [0.1, 0.15) is 0 Å². The van der Waals surface area contributed by atoms with E-state index in [0.29, 0.717) is 25.7 Å². The number of hydrogen-bond donors (Lipinski definition) is 4. The van der Waals surface area contributed by atoms with Gasteiger partial charge in [-0.25, -0.2) is 0 Å². The number of allylic oxidation sites excluding steroid dienone is 5. The van der Waals surface area contributed by atoms with Gasteiger partial charge in [0, 0.05) is 12.8 Å². The Kier molecular flexibility index (Phi) is 12.4. The van der Waals surface area contributed by atoms with E-state index in [4.69, 9.17) is 9.84 Å². The number of aliphatic hydroxyl groups is 3. The van der Waals surface area contributed by atoms with Gasteiger partial charge in [-0.3, -0.25) is 4.79 Å². The largest absolute Gasteiger partial charge is 0.481 e. The van der Waals surface area contributed by atoms with E-state index < -0.39 is 30.4 Å². The van der Waals surface area contributed by atoms with Crippen molar-refractivity contribution in [3.63, 3.8) is 0 Å². The topological polar surface area (TPSA) is 107 Å². The summed E-state index contributed by atoms with van der Waals surface area (Å²) in [6, 6.07) is 0. The molecule has 0 bridgehead atoms. The number of carbonyl (C=O) groups is 1. The van der Waals surface area contributed by atoms with Crippen molar-refractivity contribution in [2.24, 2.45) is 0 Å². The molecule has 6 heteroatoms. The van der Waals surface area contributed by atoms with Crippen LogP contribution in [0, 0.1) is 0 Å². The molecule has 0 saturated carbocycles. The summed E-state index contributed by atoms with van der Waals surface area (Å²) in [6.45, 7) is 1.86. The minimum Gasteiger partial charge on any atom is -0.481 e. The molecule has 1 aliphatic heterocycles. The summed E-state index contributed by atoms with van der Waals surface area (Å²) in [5.74, 6) is -0.783. The second-order valence-corrected chi connectivity index (χ2v) is 6.92. The lowest BCUT2D eigenvalue weighted by Gasteiger charge is -2.16. The molecule has 0 aliphatic carbocycles. The Balaban J connectivity index is 2.23. The zero-order valence-electron chi connectivity index (χ0n) is 16.6. The molecule has 1 aliphatic rings. The van der Waals surface area contributed by atoms with Crippen molar-refractivity contribution in [2.75, 3.05) is 0 Å². The van der Waals surface area contributed by atoms with E-state index in [1.807, 2.05) is 43.4 Å². The van der Waals surface area contributed by atoms with Crippen molar-refractivity contribution in [3.05, 3.63) is 48.6 Å². The molecule has 0 unspecified atom stereocenters. The fourth-order valence-corrected chi connectivity index (χ4v) is 2.79. The van der Waals surface area contributed by atoms with E-state index in [9.17, 15) is 20.1 Å². The van der Waals surface area contributed by atoms with Crippen LogP contribution in [0.4, 0.5) is 0 Å². The van der Waals surface area contributed by atoms with Crippen LogP contribution in [0.3, 0.4) is 0 Å². The summed E-state index contributed by atoms with van der Waals surface area (Å²) in [5.41, 5.74) is 0. The second kappa shape index (κ2) is 14.3. The van der Waals surface area contributed by atoms with Crippen LogP contribution in [0.5, 0.6) is 0 Å². The van der Waals surface area contributed by atoms with E-state index in [0.717, 1.165) is 12.8 Å². The summed E-state index contributed by atoms with van der Waals surface area (Å²) >= 11 is 0. The zero-order chi connectivity index (χ0) is 20.8. The Hall–Kier alpha value is -1.73. The van der Waals surface area contributed by atoms with Crippen LogP contribution in [-0.4, -0.2) is 56.9 Å². The van der Waals surface area contributed by atoms with Crippen LogP contribution < -0.4 is 0 Å². The molecule has 28 heavy (non-hydrogen) atoms. The molecule has 5 atom stereocenters. The van der Waals surface area contributed by atoms with Crippen molar-refractivity contribution in [1.29, 1.82) is 0 Å². The Bertz CT molecular complexity index is 551. The standard InChI is InChI=1S/C22H34O6/c1-2-17(23)14-15-18(24)21-16-19(25)20(28-21)12-10-8-6-4-3-5-7-9-11-13-22(26)27/h3-4,7-10,14-15,17-21,23-25H,2,5-6,11-13,16H2,1H3,(H,26,27)/b4-3-,9-7-,10-8-,15-14+/t17-,18-,19-,20+,21-/m0/s1. The highest BCUT2D eigenvalue weighted by atomic mass is 16.5. The Morgan fingerprint density at radius 1 is 1.07 bits per heavy atom. The molecule has 0 amide bonds. The van der Waals surface area contributed by atoms with Crippen molar-refractivity contribution in [2.45, 2.75) is 82.4 Å². The van der Waals surface area contributed by atoms with Crippen LogP contribution in [0.2, 0.25) is 0 Å². The highest BCUT2D eigenvalue weighted by Gasteiger charge is 2.36. The van der Waals surface area contributed by atoms with E-state index in [1.54, 1.807) is 6.08 Å². The van der Waals surface area contributed by atoms with E-state index >= 15 is 0 Å². The monoisotopic (exact) mass is 394 g/mol. The van der Waals surface area contributed by atoms with Gasteiger partial charge in [-0.15, -0.1) is 0 Å². The number of hydrogen-bond acceptors (Lipinski definition) is 5. The predicted molar refractivity (Wildman–Crippen MR) is 109 cm³/mol. The molecular formula is C22H34O6. The van der Waals surface area contributed by atoms with Crippen LogP contribution in [0.25, 0.3) is 0 Å². The second-order valence-electron chi connectivity index (χ2n) is 6.92. The first-order valence-corrected chi connectivity index (χ1v) is 9.98. The molecule has 1 saturated heterocycles. The third kappa shape index (κ3) is 10.6. The maximum atomic E-state index is 10.4. The lowest BCUT2D eigenvalue weighted by Crippen LogP contribution is -2.24. The van der Waals surface area contributed by atoms with Gasteiger partial charge in [-0.05, 0) is 32.1 Å². The molecule has 1 heterocycles. The van der Waals surface area contributed by atoms with Crippen LogP contribution in [0.1, 0.15) is 51.9 Å². The molecule has 1 rings (SSSR count). The van der Waals surface area contributed by atoms with Crippen molar-refractivity contribution in [1.82, 2.24) is 0 Å². The number of carboxylic acid groups (broad SMARTS) is 1. The first-order valence-electron chi connectivity index (χ1n) is 9.98. The number of carboxylic acids is 1. The summed E-state index contributed by atoms with van der Waals surface area (Å²) in [5, 5.41) is 38.2. The zero-order valence-corrected chi connectivity index (χ0v) is 16.6. The summed E-state index contributed by atoms with van der Waals surface area (Å²) in [7, 11) is 0. The quantitative estimate of drug-likeness (QED) is 0.358. The van der Waals surface area contributed by atoms with E-state index in [2.05, 4.69) is 0 Å². The van der Waals surface area contributed by atoms with Gasteiger partial charge in [0.05, 0.1) is 30.5 Å². The number of rotatable bonds is 13. The van der Waals surface area contributed by atoms with Gasteiger partial charge >= 0.3 is 5.97 Å². The first kappa shape index (κ1) is 24.3. The maximum Gasteiger partial charge on any atom is 0.303 e. The van der Waals surface area contributed by atoms with Gasteiger partial charge in [0.15, 0.2) is 0 Å². The average Bonchev–Trinajstić information content (AvgIpc) is 3.04. The van der Waals surface area contributed by atoms with Gasteiger partial charge in [0.25, 0.3) is 0 Å². The summed E-state index contributed by atoms with van der Waals surface area (Å²) in [6.07, 6.45) is 15.9. The maximum absolute atomic E-state index is 10.4. The van der Waals surface area contributed by atoms with Crippen LogP contribution >= 0.6 is 0 Å². The molecule has 0 radical (unpaired) electrons. The predicted octanol–water partition coefficient (Wildman–Crippen LogP) is 2.90. The molecule has 0 spiro atoms. The summed E-state index contributed by atoms with van der Waals surface area (Å²) in [4.78, 5) is 10.4. The highest BCUT2D eigenvalue weighted by molar-refractivity contribution is 5.66. The van der Waals surface area contributed by atoms with Crippen LogP contribution in [0.15, 0.2) is 48.6 Å². The minimum atomic E-state index is -0.837. The fraction of sp³-hybridized carbons (Fsp3) is 0.591. The number of aliphatic carboxylic acids is 1.